The SMILES string of the molecule is COC(=O)CCCCCCCCC(=O)OC1CCC2(CO2)C(C2(C)OC2CC=C(C)C)C1OC. The van der Waals surface area contributed by atoms with Gasteiger partial charge in [0.05, 0.1) is 25.7 Å². The van der Waals surface area contributed by atoms with Gasteiger partial charge in [-0.05, 0) is 52.9 Å². The van der Waals surface area contributed by atoms with Crippen LogP contribution in [-0.4, -0.2) is 62.3 Å². The summed E-state index contributed by atoms with van der Waals surface area (Å²) in [7, 11) is 3.13. The first-order valence-corrected chi connectivity index (χ1v) is 13.0. The number of rotatable bonds is 14. The van der Waals surface area contributed by atoms with E-state index in [-0.39, 0.29) is 47.4 Å². The van der Waals surface area contributed by atoms with Gasteiger partial charge in [0.1, 0.15) is 23.4 Å². The van der Waals surface area contributed by atoms with Crippen molar-refractivity contribution in [2.75, 3.05) is 20.8 Å². The third-order valence-corrected chi connectivity index (χ3v) is 7.76. The van der Waals surface area contributed by atoms with E-state index >= 15 is 0 Å². The van der Waals surface area contributed by atoms with Gasteiger partial charge < -0.3 is 23.7 Å². The number of hydrogen-bond donors (Lipinski definition) is 0. The molecule has 7 heteroatoms. The van der Waals surface area contributed by atoms with Crippen LogP contribution in [0, 0.1) is 5.92 Å². The first kappa shape index (κ1) is 27.2. The minimum Gasteiger partial charge on any atom is -0.469 e. The third-order valence-electron chi connectivity index (χ3n) is 7.76. The molecule has 6 atom stereocenters. The number of esters is 2. The van der Waals surface area contributed by atoms with Crippen LogP contribution in [0.15, 0.2) is 11.6 Å². The summed E-state index contributed by atoms with van der Waals surface area (Å²) in [6, 6.07) is 0. The van der Waals surface area contributed by atoms with E-state index in [0.717, 1.165) is 64.4 Å². The van der Waals surface area contributed by atoms with Gasteiger partial charge in [0, 0.05) is 20.0 Å². The number of allylic oxidation sites excluding steroid dienone is 1. The first-order chi connectivity index (χ1) is 16.3. The van der Waals surface area contributed by atoms with Crippen molar-refractivity contribution in [1.82, 2.24) is 0 Å². The van der Waals surface area contributed by atoms with E-state index in [1.807, 2.05) is 0 Å². The van der Waals surface area contributed by atoms with Crippen LogP contribution >= 0.6 is 0 Å². The molecule has 3 rings (SSSR count). The van der Waals surface area contributed by atoms with Gasteiger partial charge in [0.2, 0.25) is 0 Å². The van der Waals surface area contributed by atoms with Gasteiger partial charge in [-0.15, -0.1) is 0 Å². The summed E-state index contributed by atoms with van der Waals surface area (Å²) in [5.74, 6) is -0.240. The molecule has 0 radical (unpaired) electrons. The second kappa shape index (κ2) is 12.0. The molecule has 1 spiro atoms. The van der Waals surface area contributed by atoms with Crippen molar-refractivity contribution in [1.29, 1.82) is 0 Å². The van der Waals surface area contributed by atoms with E-state index in [4.69, 9.17) is 18.9 Å². The fourth-order valence-electron chi connectivity index (χ4n) is 5.65. The lowest BCUT2D eigenvalue weighted by atomic mass is 9.68. The fourth-order valence-corrected chi connectivity index (χ4v) is 5.65. The second-order valence-electron chi connectivity index (χ2n) is 10.6. The Labute approximate surface area is 204 Å². The molecule has 0 aromatic carbocycles. The summed E-state index contributed by atoms with van der Waals surface area (Å²) in [5.41, 5.74) is 0.767. The Morgan fingerprint density at radius 3 is 2.18 bits per heavy atom. The average Bonchev–Trinajstić information content (AvgIpc) is 3.72. The molecule has 0 amide bonds. The highest BCUT2D eigenvalue weighted by atomic mass is 16.6. The maximum Gasteiger partial charge on any atom is 0.306 e. The molecular formula is C27H44O7. The van der Waals surface area contributed by atoms with Crippen LogP contribution in [0.3, 0.4) is 0 Å². The number of epoxide rings is 2. The lowest BCUT2D eigenvalue weighted by Crippen LogP contribution is -2.55. The molecule has 34 heavy (non-hydrogen) atoms. The maximum atomic E-state index is 12.6. The Morgan fingerprint density at radius 1 is 1.00 bits per heavy atom. The zero-order chi connectivity index (χ0) is 24.8. The number of methoxy groups -OCH3 is 2. The normalized spacial score (nSPS) is 33.9. The van der Waals surface area contributed by atoms with E-state index in [9.17, 15) is 9.59 Å². The monoisotopic (exact) mass is 480 g/mol. The molecule has 7 nitrogen and oxygen atoms in total. The van der Waals surface area contributed by atoms with Gasteiger partial charge >= 0.3 is 11.9 Å². The third kappa shape index (κ3) is 6.82. The Kier molecular flexibility index (Phi) is 9.58. The van der Waals surface area contributed by atoms with E-state index in [2.05, 4.69) is 31.6 Å². The minimum absolute atomic E-state index is 0.0529. The lowest BCUT2D eigenvalue weighted by Gasteiger charge is -2.42. The minimum atomic E-state index is -0.317. The second-order valence-corrected chi connectivity index (χ2v) is 10.6. The van der Waals surface area contributed by atoms with Crippen molar-refractivity contribution in [3.05, 3.63) is 11.6 Å². The molecule has 6 unspecified atom stereocenters. The maximum absolute atomic E-state index is 12.6. The van der Waals surface area contributed by atoms with E-state index in [1.54, 1.807) is 7.11 Å². The quantitative estimate of drug-likeness (QED) is 0.151. The predicted molar refractivity (Wildman–Crippen MR) is 128 cm³/mol. The summed E-state index contributed by atoms with van der Waals surface area (Å²) < 4.78 is 28.8. The topological polar surface area (TPSA) is 86.9 Å². The molecule has 194 valence electrons. The zero-order valence-electron chi connectivity index (χ0n) is 21.7. The number of carbonyl (C=O) groups is 2. The van der Waals surface area contributed by atoms with Crippen LogP contribution in [0.4, 0.5) is 0 Å². The number of hydrogen-bond acceptors (Lipinski definition) is 7. The molecule has 2 aliphatic heterocycles. The molecule has 1 aliphatic carbocycles. The molecular weight excluding hydrogens is 436 g/mol. The zero-order valence-corrected chi connectivity index (χ0v) is 21.7. The van der Waals surface area contributed by atoms with Crippen molar-refractivity contribution in [2.45, 2.75) is 121 Å². The van der Waals surface area contributed by atoms with Crippen LogP contribution < -0.4 is 0 Å². The van der Waals surface area contributed by atoms with Gasteiger partial charge in [0.15, 0.2) is 0 Å². The smallest absolute Gasteiger partial charge is 0.306 e. The van der Waals surface area contributed by atoms with Crippen molar-refractivity contribution >= 4 is 11.9 Å². The van der Waals surface area contributed by atoms with Gasteiger partial charge in [0.25, 0.3) is 0 Å². The van der Waals surface area contributed by atoms with Gasteiger partial charge in [-0.25, -0.2) is 0 Å². The van der Waals surface area contributed by atoms with Crippen LogP contribution in [-0.2, 0) is 33.3 Å². The molecule has 2 heterocycles. The standard InChI is InChI=1S/C27H44O7/c1-19(2)14-15-21-26(3,34-21)25-24(31-5)20(16-17-27(25)18-32-27)33-23(29)13-11-9-7-6-8-10-12-22(28)30-4/h14,20-21,24-25H,6-13,15-18H2,1-5H3. The van der Waals surface area contributed by atoms with Crippen LogP contribution in [0.2, 0.25) is 0 Å². The Balaban J connectivity index is 1.43. The van der Waals surface area contributed by atoms with Crippen molar-refractivity contribution < 1.29 is 33.3 Å². The largest absolute Gasteiger partial charge is 0.469 e. The van der Waals surface area contributed by atoms with E-state index in [1.165, 1.54) is 12.7 Å². The molecule has 1 saturated carbocycles. The van der Waals surface area contributed by atoms with Crippen LogP contribution in [0.1, 0.15) is 91.4 Å². The summed E-state index contributed by atoms with van der Waals surface area (Å²) >= 11 is 0. The fraction of sp³-hybridized carbons (Fsp3) is 0.852. The molecule has 0 bridgehead atoms. The van der Waals surface area contributed by atoms with E-state index in [0.29, 0.717) is 12.8 Å². The number of unbranched alkanes of at least 4 members (excludes halogenated alkanes) is 5. The Hall–Kier alpha value is -1.44. The number of ether oxygens (including phenoxy) is 5. The first-order valence-electron chi connectivity index (χ1n) is 13.0. The average molecular weight is 481 g/mol. The van der Waals surface area contributed by atoms with Crippen molar-refractivity contribution in [3.63, 3.8) is 0 Å². The van der Waals surface area contributed by atoms with E-state index < -0.39 is 0 Å². The molecule has 2 saturated heterocycles. The Morgan fingerprint density at radius 2 is 1.62 bits per heavy atom. The number of carbonyl (C=O) groups excluding carboxylic acids is 2. The molecule has 0 aromatic rings. The molecule has 3 aliphatic rings. The summed E-state index contributed by atoms with van der Waals surface area (Å²) in [6.07, 6.45) is 11.1. The predicted octanol–water partition coefficient (Wildman–Crippen LogP) is 4.90. The highest BCUT2D eigenvalue weighted by Crippen LogP contribution is 2.59. The highest BCUT2D eigenvalue weighted by Gasteiger charge is 2.72. The van der Waals surface area contributed by atoms with Gasteiger partial charge in [-0.3, -0.25) is 9.59 Å². The summed E-state index contributed by atoms with van der Waals surface area (Å²) in [6.45, 7) is 7.09. The lowest BCUT2D eigenvalue weighted by molar-refractivity contribution is -0.172. The van der Waals surface area contributed by atoms with Crippen molar-refractivity contribution in [2.24, 2.45) is 5.92 Å². The Bertz CT molecular complexity index is 724. The van der Waals surface area contributed by atoms with Crippen LogP contribution in [0.5, 0.6) is 0 Å². The van der Waals surface area contributed by atoms with Crippen LogP contribution in [0.25, 0.3) is 0 Å². The van der Waals surface area contributed by atoms with Gasteiger partial charge in [-0.1, -0.05) is 37.3 Å². The van der Waals surface area contributed by atoms with Gasteiger partial charge in [-0.2, -0.15) is 0 Å². The molecule has 0 aromatic heterocycles. The highest BCUT2D eigenvalue weighted by molar-refractivity contribution is 5.69. The molecule has 3 fully saturated rings. The summed E-state index contributed by atoms with van der Waals surface area (Å²) in [4.78, 5) is 23.7. The summed E-state index contributed by atoms with van der Waals surface area (Å²) in [5, 5.41) is 0. The van der Waals surface area contributed by atoms with Crippen molar-refractivity contribution in [3.8, 4) is 0 Å². The molecule has 0 N–H and O–H groups in total.